The molecule has 1 amide bonds. The van der Waals surface area contributed by atoms with Crippen LogP contribution in [0.3, 0.4) is 0 Å². The van der Waals surface area contributed by atoms with Gasteiger partial charge in [-0.05, 0) is 42.9 Å². The molecule has 12 heteroatoms. The number of halogens is 5. The highest BCUT2D eigenvalue weighted by Crippen LogP contribution is 2.47. The second-order valence-corrected chi connectivity index (χ2v) is 9.31. The number of nitriles is 1. The van der Waals surface area contributed by atoms with Gasteiger partial charge in [0.1, 0.15) is 11.8 Å². The molecule has 5 rings (SSSR count). The lowest BCUT2D eigenvalue weighted by Crippen LogP contribution is -2.44. The van der Waals surface area contributed by atoms with E-state index in [9.17, 15) is 32.0 Å². The van der Waals surface area contributed by atoms with Crippen LogP contribution < -0.4 is 0 Å². The number of piperidine rings is 1. The number of carbonyl (C=O) groups is 1. The molecular formula is C25H20F5N5O2. The van der Waals surface area contributed by atoms with Gasteiger partial charge in [0.25, 0.3) is 12.3 Å². The number of likely N-dealkylation sites (tertiary alicyclic amines) is 1. The Hall–Kier alpha value is -3.88. The van der Waals surface area contributed by atoms with Gasteiger partial charge < -0.3 is 9.42 Å². The van der Waals surface area contributed by atoms with Crippen LogP contribution in [0.2, 0.25) is 0 Å². The molecule has 37 heavy (non-hydrogen) atoms. The molecule has 2 aromatic heterocycles. The molecule has 1 aliphatic heterocycles. The second-order valence-electron chi connectivity index (χ2n) is 9.31. The number of hydrogen-bond acceptors (Lipinski definition) is 6. The normalized spacial score (nSPS) is 21.4. The van der Waals surface area contributed by atoms with E-state index in [2.05, 4.69) is 15.1 Å². The summed E-state index contributed by atoms with van der Waals surface area (Å²) in [5.41, 5.74) is -2.48. The molecule has 0 N–H and O–H groups in total. The Labute approximate surface area is 207 Å². The summed E-state index contributed by atoms with van der Waals surface area (Å²) in [7, 11) is 0. The minimum absolute atomic E-state index is 0.00547. The number of aromatic nitrogens is 3. The smallest absolute Gasteiger partial charge is 0.340 e. The summed E-state index contributed by atoms with van der Waals surface area (Å²) in [4.78, 5) is 23.2. The zero-order chi connectivity index (χ0) is 26.5. The summed E-state index contributed by atoms with van der Waals surface area (Å²) in [6.07, 6.45) is -6.08. The minimum Gasteiger partial charge on any atom is -0.340 e. The van der Waals surface area contributed by atoms with E-state index >= 15 is 0 Å². The molecular weight excluding hydrogens is 497 g/mol. The molecule has 3 atom stereocenters. The van der Waals surface area contributed by atoms with Crippen molar-refractivity contribution in [3.63, 3.8) is 0 Å². The van der Waals surface area contributed by atoms with Gasteiger partial charge in [-0.1, -0.05) is 17.3 Å². The Morgan fingerprint density at radius 2 is 1.78 bits per heavy atom. The van der Waals surface area contributed by atoms with Crippen molar-refractivity contribution in [1.82, 2.24) is 20.0 Å². The lowest BCUT2D eigenvalue weighted by atomic mass is 9.84. The van der Waals surface area contributed by atoms with Crippen LogP contribution in [0.1, 0.15) is 64.1 Å². The number of carbonyl (C=O) groups excluding carboxylic acids is 1. The molecule has 1 aromatic carbocycles. The van der Waals surface area contributed by atoms with Gasteiger partial charge in [0.15, 0.2) is 5.82 Å². The fourth-order valence-electron chi connectivity index (χ4n) is 5.42. The lowest BCUT2D eigenvalue weighted by Gasteiger charge is -2.36. The Kier molecular flexibility index (Phi) is 6.17. The van der Waals surface area contributed by atoms with Gasteiger partial charge in [0, 0.05) is 31.5 Å². The zero-order valence-corrected chi connectivity index (χ0v) is 19.5. The predicted octanol–water partition coefficient (Wildman–Crippen LogP) is 5.53. The predicted molar refractivity (Wildman–Crippen MR) is 118 cm³/mol. The van der Waals surface area contributed by atoms with Gasteiger partial charge in [-0.15, -0.1) is 0 Å². The van der Waals surface area contributed by atoms with Crippen LogP contribution in [0.4, 0.5) is 22.0 Å². The topological polar surface area (TPSA) is 95.9 Å². The Morgan fingerprint density at radius 3 is 2.30 bits per heavy atom. The van der Waals surface area contributed by atoms with E-state index in [0.717, 1.165) is 43.2 Å². The molecule has 0 radical (unpaired) electrons. The van der Waals surface area contributed by atoms with E-state index in [4.69, 9.17) is 4.52 Å². The molecule has 1 saturated carbocycles. The van der Waals surface area contributed by atoms with Crippen molar-refractivity contribution >= 4 is 5.91 Å². The number of benzene rings is 1. The maximum atomic E-state index is 14.1. The maximum absolute atomic E-state index is 14.1. The van der Waals surface area contributed by atoms with Crippen molar-refractivity contribution < 1.29 is 31.3 Å². The van der Waals surface area contributed by atoms with Crippen molar-refractivity contribution in [3.8, 4) is 17.3 Å². The highest BCUT2D eigenvalue weighted by molar-refractivity contribution is 5.96. The first-order valence-corrected chi connectivity index (χ1v) is 11.6. The van der Waals surface area contributed by atoms with Crippen LogP contribution >= 0.6 is 0 Å². The lowest BCUT2D eigenvalue weighted by molar-refractivity contribution is -0.137. The van der Waals surface area contributed by atoms with Gasteiger partial charge >= 0.3 is 6.18 Å². The molecule has 2 bridgehead atoms. The van der Waals surface area contributed by atoms with Crippen LogP contribution in [-0.4, -0.2) is 39.0 Å². The summed E-state index contributed by atoms with van der Waals surface area (Å²) in [5.74, 6) is 0.426. The van der Waals surface area contributed by atoms with Crippen LogP contribution in [0.5, 0.6) is 0 Å². The van der Waals surface area contributed by atoms with Gasteiger partial charge in [-0.3, -0.25) is 4.79 Å². The number of aryl methyl sites for hydroxylation is 1. The maximum Gasteiger partial charge on any atom is 0.416 e. The van der Waals surface area contributed by atoms with Crippen molar-refractivity contribution in [1.29, 1.82) is 5.26 Å². The Morgan fingerprint density at radius 1 is 1.14 bits per heavy atom. The third-order valence-electron chi connectivity index (χ3n) is 7.06. The van der Waals surface area contributed by atoms with Crippen molar-refractivity contribution in [2.45, 2.75) is 38.3 Å². The average molecular weight is 517 g/mol. The molecule has 2 fully saturated rings. The molecule has 1 aliphatic carbocycles. The largest absolute Gasteiger partial charge is 0.416 e. The average Bonchev–Trinajstić information content (AvgIpc) is 3.40. The molecule has 3 heterocycles. The third kappa shape index (κ3) is 4.54. The summed E-state index contributed by atoms with van der Waals surface area (Å²) in [6, 6.07) is 6.58. The van der Waals surface area contributed by atoms with Gasteiger partial charge in [-0.2, -0.15) is 23.4 Å². The summed E-state index contributed by atoms with van der Waals surface area (Å²) in [5, 5.41) is 13.7. The molecule has 3 aromatic rings. The third-order valence-corrected chi connectivity index (χ3v) is 7.06. The first-order valence-electron chi connectivity index (χ1n) is 11.6. The summed E-state index contributed by atoms with van der Waals surface area (Å²) >= 11 is 0. The number of rotatable bonds is 4. The first-order chi connectivity index (χ1) is 17.6. The van der Waals surface area contributed by atoms with Gasteiger partial charge in [-0.25, -0.2) is 13.8 Å². The summed E-state index contributed by atoms with van der Waals surface area (Å²) in [6.45, 7) is 2.30. The number of amides is 1. The molecule has 192 valence electrons. The minimum atomic E-state index is -4.58. The molecule has 0 unspecified atom stereocenters. The van der Waals surface area contributed by atoms with Crippen molar-refractivity contribution in [2.75, 3.05) is 13.1 Å². The number of nitrogens with zero attached hydrogens (tertiary/aromatic N) is 5. The van der Waals surface area contributed by atoms with Crippen LogP contribution in [0.15, 0.2) is 34.9 Å². The SMILES string of the molecule is Cc1nc([C@H]2[C@@H]3CC[C@H]2CN(C(=O)c2cc(C#N)c(-c4ccc(C(F)(F)F)cc4)nc2C(F)F)C3)no1. The van der Waals surface area contributed by atoms with E-state index in [0.29, 0.717) is 24.8 Å². The second kappa shape index (κ2) is 9.21. The van der Waals surface area contributed by atoms with E-state index in [-0.39, 0.29) is 34.6 Å². The number of fused-ring (bicyclic) bond motifs is 2. The molecule has 1 saturated heterocycles. The fraction of sp³-hybridized carbons (Fsp3) is 0.400. The highest BCUT2D eigenvalue weighted by atomic mass is 19.4. The standard InChI is InChI=1S/C25H20F5N5O2/c1-12-32-23(34-37-12)19-14-2-3-15(19)11-35(10-14)24(36)18-8-16(9-31)20(33-21(18)22(26)27)13-4-6-17(7-5-13)25(28,29)30/h4-8,14-15,19,22H,2-3,10-11H2,1H3/t14-,15+,19+. The zero-order valence-electron chi connectivity index (χ0n) is 19.5. The Balaban J connectivity index is 1.46. The number of pyridine rings is 1. The van der Waals surface area contributed by atoms with Gasteiger partial charge in [0.05, 0.1) is 22.4 Å². The molecule has 2 aliphatic rings. The van der Waals surface area contributed by atoms with Crippen LogP contribution in [-0.2, 0) is 6.18 Å². The van der Waals surface area contributed by atoms with Crippen molar-refractivity contribution in [3.05, 3.63) is 64.4 Å². The number of alkyl halides is 5. The van der Waals surface area contributed by atoms with Gasteiger partial charge in [0.2, 0.25) is 5.89 Å². The van der Waals surface area contributed by atoms with E-state index in [1.807, 2.05) is 6.07 Å². The summed E-state index contributed by atoms with van der Waals surface area (Å²) < 4.78 is 72.0. The Bertz CT molecular complexity index is 1370. The molecule has 7 nitrogen and oxygen atoms in total. The van der Waals surface area contributed by atoms with E-state index in [1.54, 1.807) is 6.92 Å². The van der Waals surface area contributed by atoms with E-state index in [1.165, 1.54) is 4.90 Å². The van der Waals surface area contributed by atoms with Crippen LogP contribution in [0.25, 0.3) is 11.3 Å². The highest BCUT2D eigenvalue weighted by Gasteiger charge is 2.46. The van der Waals surface area contributed by atoms with E-state index < -0.39 is 35.3 Å². The monoisotopic (exact) mass is 517 g/mol. The molecule has 0 spiro atoms. The van der Waals surface area contributed by atoms with Crippen LogP contribution in [0, 0.1) is 30.1 Å². The first kappa shape index (κ1) is 24.8. The van der Waals surface area contributed by atoms with Crippen molar-refractivity contribution in [2.24, 2.45) is 11.8 Å². The number of hydrogen-bond donors (Lipinski definition) is 0. The quantitative estimate of drug-likeness (QED) is 0.422. The fourth-order valence-corrected chi connectivity index (χ4v) is 5.42.